The number of rotatable bonds is 37. The minimum Gasteiger partial charge on any atom is -0.462 e. The van der Waals surface area contributed by atoms with Crippen molar-refractivity contribution in [1.29, 1.82) is 0 Å². The average Bonchev–Trinajstić information content (AvgIpc) is 3.14. The van der Waals surface area contributed by atoms with Crippen molar-refractivity contribution in [3.05, 3.63) is 0 Å². The van der Waals surface area contributed by atoms with Crippen molar-refractivity contribution in [2.24, 2.45) is 0 Å². The van der Waals surface area contributed by atoms with Crippen molar-refractivity contribution in [2.45, 2.75) is 237 Å². The van der Waals surface area contributed by atoms with Crippen LogP contribution in [-0.2, 0) is 23.9 Å². The summed E-state index contributed by atoms with van der Waals surface area (Å²) in [6.07, 6.45) is 12.2. The number of Topliss-reactive ketones (excluding diaryl/α,β-unsaturated/α-hetero) is 3. The van der Waals surface area contributed by atoms with E-state index in [-0.39, 0.29) is 32.1 Å². The third-order valence-electron chi connectivity index (χ3n) is 10.4. The summed E-state index contributed by atoms with van der Waals surface area (Å²) in [6, 6.07) is 0. The number of carbonyl (C=O) groups is 4. The van der Waals surface area contributed by atoms with Gasteiger partial charge in [-0.15, -0.1) is 0 Å². The molecule has 0 aliphatic rings. The zero-order chi connectivity index (χ0) is 39.3. The lowest BCUT2D eigenvalue weighted by Crippen LogP contribution is -2.74. The Labute approximate surface area is 315 Å². The minimum atomic E-state index is -3.38. The summed E-state index contributed by atoms with van der Waals surface area (Å²) >= 11 is 0. The zero-order valence-electron chi connectivity index (χ0n) is 33.5. The van der Waals surface area contributed by atoms with E-state index in [1.165, 1.54) is 0 Å². The van der Waals surface area contributed by atoms with E-state index in [2.05, 4.69) is 27.7 Å². The number of aliphatic hydroxyl groups is 5. The van der Waals surface area contributed by atoms with Gasteiger partial charge >= 0.3 is 5.97 Å². The monoisotopic (exact) mass is 743 g/mol. The average molecular weight is 743 g/mol. The quantitative estimate of drug-likeness (QED) is 0.0312. The van der Waals surface area contributed by atoms with Gasteiger partial charge in [0, 0.05) is 25.7 Å². The molecule has 0 aromatic carbocycles. The van der Waals surface area contributed by atoms with Crippen molar-refractivity contribution < 1.29 is 49.4 Å². The molecule has 0 aromatic heterocycles. The fourth-order valence-corrected chi connectivity index (χ4v) is 6.72. The van der Waals surface area contributed by atoms with Crippen LogP contribution in [0.4, 0.5) is 0 Å². The lowest BCUT2D eigenvalue weighted by Gasteiger charge is -2.45. The maximum absolute atomic E-state index is 14.0. The highest BCUT2D eigenvalue weighted by Gasteiger charge is 2.65. The largest absolute Gasteiger partial charge is 0.462 e. The molecule has 5 N–H and O–H groups in total. The van der Waals surface area contributed by atoms with Crippen LogP contribution >= 0.6 is 0 Å². The van der Waals surface area contributed by atoms with Gasteiger partial charge in [0.1, 0.15) is 24.9 Å². The molecule has 52 heavy (non-hydrogen) atoms. The first-order valence-corrected chi connectivity index (χ1v) is 21.1. The van der Waals surface area contributed by atoms with Crippen LogP contribution in [0.15, 0.2) is 0 Å². The Hall–Kier alpha value is -1.72. The van der Waals surface area contributed by atoms with Gasteiger partial charge in [-0.3, -0.25) is 19.2 Å². The minimum absolute atomic E-state index is 0.00516. The Morgan fingerprint density at radius 2 is 0.827 bits per heavy atom. The molecule has 0 bridgehead atoms. The van der Waals surface area contributed by atoms with E-state index in [1.54, 1.807) is 0 Å². The summed E-state index contributed by atoms with van der Waals surface area (Å²) in [5.74, 6) is -3.68. The molecule has 0 aliphatic carbocycles. The molecule has 0 aromatic rings. The molecule has 0 rings (SSSR count). The second kappa shape index (κ2) is 30.6. The maximum Gasteiger partial charge on any atom is 0.305 e. The molecule has 0 saturated heterocycles. The number of ketones is 3. The summed E-state index contributed by atoms with van der Waals surface area (Å²) in [5.41, 5.74) is -6.52. The molecular weight excluding hydrogens is 664 g/mol. The predicted octanol–water partition coefficient (Wildman–Crippen LogP) is 7.78. The molecule has 10 nitrogen and oxygen atoms in total. The highest BCUT2D eigenvalue weighted by Crippen LogP contribution is 2.35. The van der Waals surface area contributed by atoms with Crippen LogP contribution in [0.25, 0.3) is 0 Å². The number of hydrogen-bond acceptors (Lipinski definition) is 10. The Kier molecular flexibility index (Phi) is 29.6. The van der Waals surface area contributed by atoms with E-state index in [9.17, 15) is 44.7 Å². The molecule has 10 heteroatoms. The summed E-state index contributed by atoms with van der Waals surface area (Å²) in [6.45, 7) is 7.24. The van der Waals surface area contributed by atoms with Crippen LogP contribution < -0.4 is 0 Å². The fourth-order valence-electron chi connectivity index (χ4n) is 6.72. The molecule has 306 valence electrons. The molecule has 0 heterocycles. The number of aliphatic hydroxyl groups excluding tert-OH is 3. The first-order chi connectivity index (χ1) is 24.9. The van der Waals surface area contributed by atoms with Gasteiger partial charge < -0.3 is 30.3 Å². The molecule has 0 radical (unpaired) electrons. The third kappa shape index (κ3) is 19.0. The zero-order valence-corrected chi connectivity index (χ0v) is 33.5. The van der Waals surface area contributed by atoms with Crippen molar-refractivity contribution in [2.75, 3.05) is 6.61 Å². The highest BCUT2D eigenvalue weighted by atomic mass is 16.5. The number of ether oxygens (including phenoxy) is 1. The van der Waals surface area contributed by atoms with E-state index in [1.807, 2.05) is 0 Å². The molecule has 0 amide bonds. The molecule has 0 fully saturated rings. The summed E-state index contributed by atoms with van der Waals surface area (Å²) < 4.78 is 5.37. The maximum atomic E-state index is 14.0. The number of carbonyl (C=O) groups excluding carboxylic acids is 4. The number of hydrogen-bond donors (Lipinski definition) is 5. The van der Waals surface area contributed by atoms with E-state index < -0.39 is 59.4 Å². The van der Waals surface area contributed by atoms with Crippen LogP contribution in [0.3, 0.4) is 0 Å². The van der Waals surface area contributed by atoms with E-state index in [0.29, 0.717) is 32.1 Å². The van der Waals surface area contributed by atoms with Crippen LogP contribution in [0.5, 0.6) is 0 Å². The molecule has 0 spiro atoms. The normalized spacial score (nSPS) is 15.7. The number of unbranched alkanes of at least 4 members (excludes halogenated alkanes) is 20. The Balaban J connectivity index is 6.33. The van der Waals surface area contributed by atoms with E-state index in [4.69, 9.17) is 4.74 Å². The number of esters is 1. The highest BCUT2D eigenvalue weighted by molar-refractivity contribution is 6.00. The van der Waals surface area contributed by atoms with Gasteiger partial charge in [-0.05, 0) is 25.7 Å². The molecule has 5 atom stereocenters. The van der Waals surface area contributed by atoms with Crippen LogP contribution in [0, 0.1) is 0 Å². The van der Waals surface area contributed by atoms with Crippen LogP contribution in [0.2, 0.25) is 0 Å². The van der Waals surface area contributed by atoms with Crippen molar-refractivity contribution >= 4 is 23.3 Å². The summed E-state index contributed by atoms with van der Waals surface area (Å²) in [7, 11) is 0. The smallest absolute Gasteiger partial charge is 0.305 e. The summed E-state index contributed by atoms with van der Waals surface area (Å²) in [5, 5.41) is 57.9. The van der Waals surface area contributed by atoms with Gasteiger partial charge in [0.25, 0.3) is 0 Å². The van der Waals surface area contributed by atoms with Crippen molar-refractivity contribution in [3.63, 3.8) is 0 Å². The molecule has 0 saturated carbocycles. The van der Waals surface area contributed by atoms with Gasteiger partial charge in [0.05, 0.1) is 0 Å². The van der Waals surface area contributed by atoms with Crippen molar-refractivity contribution in [1.82, 2.24) is 0 Å². The topological polar surface area (TPSA) is 179 Å². The van der Waals surface area contributed by atoms with E-state index in [0.717, 1.165) is 116 Å². The Morgan fingerprint density at radius 3 is 1.25 bits per heavy atom. The van der Waals surface area contributed by atoms with E-state index >= 15 is 0 Å². The Bertz CT molecular complexity index is 955. The summed E-state index contributed by atoms with van der Waals surface area (Å²) in [4.78, 5) is 53.7. The Morgan fingerprint density at radius 1 is 0.481 bits per heavy atom. The van der Waals surface area contributed by atoms with Gasteiger partial charge in [0.15, 0.2) is 28.6 Å². The lowest BCUT2D eigenvalue weighted by molar-refractivity contribution is -0.234. The second-order valence-corrected chi connectivity index (χ2v) is 15.1. The van der Waals surface area contributed by atoms with Gasteiger partial charge in [-0.1, -0.05) is 156 Å². The van der Waals surface area contributed by atoms with Gasteiger partial charge in [0.2, 0.25) is 0 Å². The predicted molar refractivity (Wildman–Crippen MR) is 206 cm³/mol. The SMILES string of the molecule is CCCCCCCCC(=O)OCC(O)(C(=O)CCCCCCCC)C(O)(C(=O)CCCCCCCC)C(O)C(O)C(O)C(=O)CCCCCCCC. The standard InChI is InChI=1S/C42H78O10/c1-5-9-13-17-21-25-29-34(43)38(47)39(48)40(49)42(51,36(45)31-27-23-19-15-11-7-3)41(50,35(44)30-26-22-18-14-10-6-2)33-52-37(46)32-28-24-20-16-12-8-4/h38-40,47-51H,5-33H2,1-4H3. The van der Waals surface area contributed by atoms with Crippen molar-refractivity contribution in [3.8, 4) is 0 Å². The van der Waals surface area contributed by atoms with Gasteiger partial charge in [-0.2, -0.15) is 0 Å². The second-order valence-electron chi connectivity index (χ2n) is 15.1. The van der Waals surface area contributed by atoms with Crippen LogP contribution in [-0.4, -0.2) is 85.0 Å². The fraction of sp³-hybridized carbons (Fsp3) is 0.905. The first kappa shape index (κ1) is 50.3. The third-order valence-corrected chi connectivity index (χ3v) is 10.4. The molecular formula is C42H78O10. The molecule has 0 aliphatic heterocycles. The molecule has 5 unspecified atom stereocenters. The van der Waals surface area contributed by atoms with Crippen LogP contribution in [0.1, 0.15) is 207 Å². The first-order valence-electron chi connectivity index (χ1n) is 21.1. The lowest BCUT2D eigenvalue weighted by atomic mass is 9.69. The van der Waals surface area contributed by atoms with Gasteiger partial charge in [-0.25, -0.2) is 0 Å².